The number of unbranched alkanes of at least 4 members (excludes halogenated alkanes) is 2. The molecular weight excluding hydrogens is 418 g/mol. The van der Waals surface area contributed by atoms with Crippen molar-refractivity contribution in [1.29, 1.82) is 0 Å². The maximum atomic E-state index is 14.4. The summed E-state index contributed by atoms with van der Waals surface area (Å²) in [5.41, 5.74) is 0.673. The molecule has 0 aromatic heterocycles. The molecule has 3 rings (SSSR count). The molecule has 0 fully saturated rings. The zero-order chi connectivity index (χ0) is 22.6. The van der Waals surface area contributed by atoms with E-state index in [1.165, 1.54) is 0 Å². The van der Waals surface area contributed by atoms with E-state index in [4.69, 9.17) is 0 Å². The van der Waals surface area contributed by atoms with Crippen molar-refractivity contribution in [2.24, 2.45) is 0 Å². The zero-order valence-electron chi connectivity index (χ0n) is 16.7. The van der Waals surface area contributed by atoms with Crippen molar-refractivity contribution in [1.82, 2.24) is 0 Å². The van der Waals surface area contributed by atoms with Gasteiger partial charge in [0.2, 0.25) is 0 Å². The minimum absolute atomic E-state index is 0.151. The number of alkyl halides is 2. The van der Waals surface area contributed by atoms with Gasteiger partial charge < -0.3 is 4.74 Å². The number of ether oxygens (including phenoxy) is 1. The molecule has 31 heavy (non-hydrogen) atoms. The van der Waals surface area contributed by atoms with Crippen LogP contribution in [0.15, 0.2) is 54.6 Å². The van der Waals surface area contributed by atoms with Crippen LogP contribution in [0.3, 0.4) is 0 Å². The SMILES string of the molecule is CCCCCc1ccc(-c2cc(F)c(OC(F)(F)c3ccc(F)c(F)c3)c(F)c2)cc1. The molecule has 0 unspecified atom stereocenters. The van der Waals surface area contributed by atoms with Crippen LogP contribution in [0.2, 0.25) is 0 Å². The average molecular weight is 438 g/mol. The summed E-state index contributed by atoms with van der Waals surface area (Å²) in [5.74, 6) is -6.86. The first kappa shape index (κ1) is 22.7. The lowest BCUT2D eigenvalue weighted by Gasteiger charge is -2.19. The van der Waals surface area contributed by atoms with Gasteiger partial charge in [-0.1, -0.05) is 44.0 Å². The van der Waals surface area contributed by atoms with Gasteiger partial charge in [-0.25, -0.2) is 17.6 Å². The molecule has 7 heteroatoms. The van der Waals surface area contributed by atoms with Crippen LogP contribution in [-0.2, 0) is 12.5 Å². The molecule has 0 N–H and O–H groups in total. The van der Waals surface area contributed by atoms with Crippen molar-refractivity contribution >= 4 is 0 Å². The van der Waals surface area contributed by atoms with Gasteiger partial charge in [-0.2, -0.15) is 8.78 Å². The molecular formula is C24H20F6O. The van der Waals surface area contributed by atoms with Crippen LogP contribution in [0.1, 0.15) is 37.3 Å². The van der Waals surface area contributed by atoms with Crippen LogP contribution in [-0.4, -0.2) is 0 Å². The molecule has 0 heterocycles. The number of hydrogen-bond donors (Lipinski definition) is 0. The molecule has 0 saturated carbocycles. The topological polar surface area (TPSA) is 9.23 Å². The van der Waals surface area contributed by atoms with E-state index in [0.717, 1.165) is 43.4 Å². The smallest absolute Gasteiger partial charge is 0.423 e. The van der Waals surface area contributed by atoms with E-state index in [1.807, 2.05) is 12.1 Å². The van der Waals surface area contributed by atoms with Gasteiger partial charge in [0.25, 0.3) is 0 Å². The quantitative estimate of drug-likeness (QED) is 0.258. The maximum Gasteiger partial charge on any atom is 0.427 e. The first-order valence-corrected chi connectivity index (χ1v) is 9.82. The highest BCUT2D eigenvalue weighted by atomic mass is 19.3. The summed E-state index contributed by atoms with van der Waals surface area (Å²) in [6.07, 6.45) is -0.146. The summed E-state index contributed by atoms with van der Waals surface area (Å²) in [6.45, 7) is 2.10. The minimum Gasteiger partial charge on any atom is -0.423 e. The minimum atomic E-state index is -4.28. The molecule has 1 nitrogen and oxygen atoms in total. The Morgan fingerprint density at radius 3 is 1.94 bits per heavy atom. The van der Waals surface area contributed by atoms with Crippen molar-refractivity contribution in [3.63, 3.8) is 0 Å². The van der Waals surface area contributed by atoms with E-state index in [-0.39, 0.29) is 11.6 Å². The number of rotatable bonds is 8. The van der Waals surface area contributed by atoms with Crippen LogP contribution in [0.4, 0.5) is 26.3 Å². The fraction of sp³-hybridized carbons (Fsp3) is 0.250. The van der Waals surface area contributed by atoms with Crippen molar-refractivity contribution in [3.05, 3.63) is 89.0 Å². The summed E-state index contributed by atoms with van der Waals surface area (Å²) in [7, 11) is 0. The highest BCUT2D eigenvalue weighted by molar-refractivity contribution is 5.65. The normalized spacial score (nSPS) is 11.6. The summed E-state index contributed by atoms with van der Waals surface area (Å²) in [4.78, 5) is 0. The van der Waals surface area contributed by atoms with Crippen molar-refractivity contribution in [2.75, 3.05) is 0 Å². The molecule has 0 atom stereocenters. The highest BCUT2D eigenvalue weighted by Crippen LogP contribution is 2.37. The Kier molecular flexibility index (Phi) is 6.93. The van der Waals surface area contributed by atoms with E-state index >= 15 is 0 Å². The summed E-state index contributed by atoms with van der Waals surface area (Å²) in [5, 5.41) is 0. The van der Waals surface area contributed by atoms with Crippen LogP contribution in [0, 0.1) is 23.3 Å². The van der Waals surface area contributed by atoms with Crippen LogP contribution in [0.25, 0.3) is 11.1 Å². The third-order valence-electron chi connectivity index (χ3n) is 4.84. The van der Waals surface area contributed by atoms with Crippen LogP contribution in [0.5, 0.6) is 5.75 Å². The Morgan fingerprint density at radius 2 is 1.35 bits per heavy atom. The largest absolute Gasteiger partial charge is 0.427 e. The molecule has 0 aliphatic rings. The first-order chi connectivity index (χ1) is 14.7. The van der Waals surface area contributed by atoms with E-state index < -0.39 is 40.7 Å². The zero-order valence-corrected chi connectivity index (χ0v) is 16.7. The van der Waals surface area contributed by atoms with E-state index in [0.29, 0.717) is 17.7 Å². The number of aryl methyl sites for hydroxylation is 1. The van der Waals surface area contributed by atoms with Gasteiger partial charge in [0.15, 0.2) is 29.0 Å². The Bertz CT molecular complexity index is 1020. The monoisotopic (exact) mass is 438 g/mol. The molecule has 0 amide bonds. The van der Waals surface area contributed by atoms with Gasteiger partial charge in [0, 0.05) is 0 Å². The second kappa shape index (κ2) is 9.45. The Balaban J connectivity index is 1.82. The van der Waals surface area contributed by atoms with Gasteiger partial charge in [-0.15, -0.1) is 0 Å². The number of halogens is 6. The first-order valence-electron chi connectivity index (χ1n) is 9.82. The number of hydrogen-bond acceptors (Lipinski definition) is 1. The Hall–Kier alpha value is -2.96. The van der Waals surface area contributed by atoms with Gasteiger partial charge in [-0.05, 0) is 59.9 Å². The molecule has 0 aliphatic heterocycles. The average Bonchev–Trinajstić information content (AvgIpc) is 2.73. The van der Waals surface area contributed by atoms with E-state index in [1.54, 1.807) is 12.1 Å². The van der Waals surface area contributed by atoms with Gasteiger partial charge >= 0.3 is 6.11 Å². The second-order valence-corrected chi connectivity index (χ2v) is 7.17. The van der Waals surface area contributed by atoms with Crippen LogP contribution < -0.4 is 4.74 Å². The third-order valence-corrected chi connectivity index (χ3v) is 4.84. The van der Waals surface area contributed by atoms with Gasteiger partial charge in [0.1, 0.15) is 0 Å². The lowest BCUT2D eigenvalue weighted by molar-refractivity contribution is -0.188. The molecule has 0 bridgehead atoms. The molecule has 164 valence electrons. The lowest BCUT2D eigenvalue weighted by atomic mass is 10.0. The Morgan fingerprint density at radius 1 is 0.710 bits per heavy atom. The molecule has 3 aromatic rings. The standard InChI is InChI=1S/C24H20F6O/c1-2-3-4-5-15-6-8-16(9-7-15)17-12-21(27)23(22(28)13-17)31-24(29,30)18-10-11-19(25)20(26)14-18/h6-14H,2-5H2,1H3. The second-order valence-electron chi connectivity index (χ2n) is 7.17. The fourth-order valence-corrected chi connectivity index (χ4v) is 3.13. The van der Waals surface area contributed by atoms with Crippen molar-refractivity contribution in [2.45, 2.75) is 38.7 Å². The maximum absolute atomic E-state index is 14.4. The lowest BCUT2D eigenvalue weighted by Crippen LogP contribution is -2.23. The summed E-state index contributed by atoms with van der Waals surface area (Å²) < 4.78 is 87.9. The fourth-order valence-electron chi connectivity index (χ4n) is 3.13. The summed E-state index contributed by atoms with van der Waals surface area (Å²) >= 11 is 0. The molecule has 0 spiro atoms. The van der Waals surface area contributed by atoms with E-state index in [9.17, 15) is 26.3 Å². The summed E-state index contributed by atoms with van der Waals surface area (Å²) in [6, 6.07) is 10.1. The van der Waals surface area contributed by atoms with Crippen molar-refractivity contribution < 1.29 is 31.1 Å². The third kappa shape index (κ3) is 5.40. The highest BCUT2D eigenvalue weighted by Gasteiger charge is 2.37. The van der Waals surface area contributed by atoms with Gasteiger partial charge in [0.05, 0.1) is 5.56 Å². The molecule has 3 aromatic carbocycles. The predicted octanol–water partition coefficient (Wildman–Crippen LogP) is 7.77. The van der Waals surface area contributed by atoms with Crippen LogP contribution >= 0.6 is 0 Å². The van der Waals surface area contributed by atoms with Crippen molar-refractivity contribution in [3.8, 4) is 16.9 Å². The number of benzene rings is 3. The van der Waals surface area contributed by atoms with Gasteiger partial charge in [-0.3, -0.25) is 0 Å². The molecule has 0 aliphatic carbocycles. The predicted molar refractivity (Wildman–Crippen MR) is 106 cm³/mol. The van der Waals surface area contributed by atoms with E-state index in [2.05, 4.69) is 11.7 Å². The Labute approximate surface area is 176 Å². The molecule has 0 radical (unpaired) electrons. The molecule has 0 saturated heterocycles.